The van der Waals surface area contributed by atoms with Crippen LogP contribution < -0.4 is 21.5 Å². The predicted octanol–water partition coefficient (Wildman–Crippen LogP) is -2.56. The zero-order valence-electron chi connectivity index (χ0n) is 12.2. The minimum absolute atomic E-state index is 0. The lowest BCUT2D eigenvalue weighted by Gasteiger charge is -2.16. The van der Waals surface area contributed by atoms with Crippen LogP contribution in [0.25, 0.3) is 0 Å². The minimum Gasteiger partial charge on any atom is -1.00 e. The maximum atomic E-state index is 12.5. The highest BCUT2D eigenvalue weighted by Crippen LogP contribution is 2.45. The number of imide groups is 1. The fourth-order valence-corrected chi connectivity index (χ4v) is 3.57. The number of hydrogen-bond acceptors (Lipinski definition) is 3. The van der Waals surface area contributed by atoms with Crippen molar-refractivity contribution in [2.45, 2.75) is 32.2 Å². The van der Waals surface area contributed by atoms with E-state index < -0.39 is 0 Å². The average molecular weight is 365 g/mol. The van der Waals surface area contributed by atoms with Gasteiger partial charge in [-0.05, 0) is 13.0 Å². The molecule has 2 bridgehead atoms. The molecule has 3 aliphatic rings. The number of pyridine rings is 1. The fraction of sp³-hybridized carbons (Fsp3) is 0.438. The highest BCUT2D eigenvalue weighted by Gasteiger charge is 2.60. The standard InChI is InChI=1S/C16H17N2O3.BrH/c1-2-17-7-3-4-10(8-17)9-18-15(19)13-11-5-6-12(21-11)14(13)16(18)20;/h3-8,11-14H,2,9H2,1H3;1H/q+1;/p-1/t11-,12+,13-,14+;. The first kappa shape index (κ1) is 15.4. The molecule has 4 atom stereocenters. The molecular weight excluding hydrogens is 348 g/mol. The molecule has 2 saturated heterocycles. The zero-order chi connectivity index (χ0) is 14.6. The second-order valence-electron chi connectivity index (χ2n) is 5.81. The number of carbonyl (C=O) groups excluding carboxylic acids is 2. The van der Waals surface area contributed by atoms with Gasteiger partial charge < -0.3 is 21.7 Å². The third kappa shape index (κ3) is 2.13. The summed E-state index contributed by atoms with van der Waals surface area (Å²) in [5.41, 5.74) is 0.974. The Hall–Kier alpha value is -1.53. The molecule has 1 aromatic heterocycles. The van der Waals surface area contributed by atoms with E-state index in [1.54, 1.807) is 0 Å². The van der Waals surface area contributed by atoms with Crippen LogP contribution in [0.2, 0.25) is 0 Å². The van der Waals surface area contributed by atoms with Crippen LogP contribution in [0.5, 0.6) is 0 Å². The van der Waals surface area contributed by atoms with E-state index in [4.69, 9.17) is 4.74 Å². The van der Waals surface area contributed by atoms with Crippen molar-refractivity contribution in [3.05, 3.63) is 42.2 Å². The molecule has 1 aromatic rings. The quantitative estimate of drug-likeness (QED) is 0.336. The Kier molecular flexibility index (Phi) is 3.91. The van der Waals surface area contributed by atoms with E-state index in [1.165, 1.54) is 4.90 Å². The van der Waals surface area contributed by atoms with Crippen LogP contribution >= 0.6 is 0 Å². The van der Waals surface area contributed by atoms with Crippen molar-refractivity contribution in [3.63, 3.8) is 0 Å². The maximum absolute atomic E-state index is 12.5. The number of ether oxygens (including phenoxy) is 1. The zero-order valence-corrected chi connectivity index (χ0v) is 13.8. The summed E-state index contributed by atoms with van der Waals surface area (Å²) in [5, 5.41) is 0. The Morgan fingerprint density at radius 1 is 1.18 bits per heavy atom. The maximum Gasteiger partial charge on any atom is 0.236 e. The monoisotopic (exact) mass is 364 g/mol. The molecule has 0 aromatic carbocycles. The van der Waals surface area contributed by atoms with Gasteiger partial charge in [-0.2, -0.15) is 0 Å². The summed E-state index contributed by atoms with van der Waals surface area (Å²) in [5.74, 6) is -0.800. The van der Waals surface area contributed by atoms with E-state index in [-0.39, 0.29) is 52.8 Å². The van der Waals surface area contributed by atoms with Crippen molar-refractivity contribution >= 4 is 11.8 Å². The molecule has 22 heavy (non-hydrogen) atoms. The number of nitrogens with zero attached hydrogens (tertiary/aromatic N) is 2. The molecule has 0 saturated carbocycles. The molecule has 2 amide bonds. The number of fused-ring (bicyclic) bond motifs is 5. The molecule has 0 aliphatic carbocycles. The summed E-state index contributed by atoms with van der Waals surface area (Å²) in [7, 11) is 0. The van der Waals surface area contributed by atoms with Gasteiger partial charge in [-0.25, -0.2) is 4.57 Å². The number of likely N-dealkylation sites (tertiary alicyclic amines) is 1. The first-order chi connectivity index (χ1) is 10.2. The SMILES string of the molecule is CC[n+]1cccc(CN2C(=O)[C@@H]3[C@H](C2=O)[C@H]2C=C[C@@H]3O2)c1.[Br-]. The summed E-state index contributed by atoms with van der Waals surface area (Å²) in [6, 6.07) is 3.89. The average Bonchev–Trinajstić information content (AvgIpc) is 3.17. The van der Waals surface area contributed by atoms with E-state index in [0.717, 1.165) is 12.1 Å². The van der Waals surface area contributed by atoms with Crippen LogP contribution in [0.4, 0.5) is 0 Å². The number of amides is 2. The van der Waals surface area contributed by atoms with Gasteiger partial charge in [-0.3, -0.25) is 14.5 Å². The summed E-state index contributed by atoms with van der Waals surface area (Å²) < 4.78 is 7.67. The summed E-state index contributed by atoms with van der Waals surface area (Å²) >= 11 is 0. The Morgan fingerprint density at radius 2 is 1.82 bits per heavy atom. The highest BCUT2D eigenvalue weighted by atomic mass is 79.9. The Morgan fingerprint density at radius 3 is 2.41 bits per heavy atom. The van der Waals surface area contributed by atoms with Gasteiger partial charge in [0.1, 0.15) is 6.54 Å². The van der Waals surface area contributed by atoms with Crippen molar-refractivity contribution in [2.75, 3.05) is 0 Å². The largest absolute Gasteiger partial charge is 1.00 e. The van der Waals surface area contributed by atoms with E-state index in [9.17, 15) is 9.59 Å². The fourth-order valence-electron chi connectivity index (χ4n) is 3.57. The lowest BCUT2D eigenvalue weighted by molar-refractivity contribution is -0.694. The predicted molar refractivity (Wildman–Crippen MR) is 72.6 cm³/mol. The van der Waals surface area contributed by atoms with Gasteiger partial charge in [-0.15, -0.1) is 0 Å². The molecule has 0 N–H and O–H groups in total. The molecule has 0 spiro atoms. The first-order valence-corrected chi connectivity index (χ1v) is 7.36. The molecule has 6 heteroatoms. The van der Waals surface area contributed by atoms with Crippen LogP contribution in [0.1, 0.15) is 12.5 Å². The van der Waals surface area contributed by atoms with E-state index in [0.29, 0.717) is 6.54 Å². The van der Waals surface area contributed by atoms with E-state index in [1.807, 2.05) is 41.2 Å². The van der Waals surface area contributed by atoms with Crippen LogP contribution in [0.3, 0.4) is 0 Å². The smallest absolute Gasteiger partial charge is 0.236 e. The Labute approximate surface area is 139 Å². The summed E-state index contributed by atoms with van der Waals surface area (Å²) in [4.78, 5) is 26.5. The van der Waals surface area contributed by atoms with Crippen molar-refractivity contribution in [1.29, 1.82) is 0 Å². The van der Waals surface area contributed by atoms with Crippen molar-refractivity contribution in [1.82, 2.24) is 4.90 Å². The lowest BCUT2D eigenvalue weighted by atomic mass is 9.85. The molecular formula is C16H17BrN2O3. The molecule has 2 fully saturated rings. The van der Waals surface area contributed by atoms with E-state index >= 15 is 0 Å². The number of aryl methyl sites for hydroxylation is 1. The summed E-state index contributed by atoms with van der Waals surface area (Å²) in [6.45, 7) is 3.27. The molecule has 5 nitrogen and oxygen atoms in total. The molecule has 3 aliphatic heterocycles. The number of aromatic nitrogens is 1. The number of halogens is 1. The molecule has 116 valence electrons. The Balaban J connectivity index is 0.00000144. The van der Waals surface area contributed by atoms with Crippen LogP contribution in [0.15, 0.2) is 36.7 Å². The lowest BCUT2D eigenvalue weighted by Crippen LogP contribution is -3.00. The van der Waals surface area contributed by atoms with Crippen LogP contribution in [-0.2, 0) is 27.4 Å². The topological polar surface area (TPSA) is 50.5 Å². The van der Waals surface area contributed by atoms with E-state index in [2.05, 4.69) is 6.92 Å². The molecule has 4 heterocycles. The van der Waals surface area contributed by atoms with Crippen molar-refractivity contribution in [2.24, 2.45) is 11.8 Å². The van der Waals surface area contributed by atoms with Gasteiger partial charge in [0.2, 0.25) is 11.8 Å². The van der Waals surface area contributed by atoms with Gasteiger partial charge >= 0.3 is 0 Å². The minimum atomic E-state index is -0.311. The third-order valence-corrected chi connectivity index (χ3v) is 4.63. The van der Waals surface area contributed by atoms with Gasteiger partial charge in [-0.1, -0.05) is 12.2 Å². The van der Waals surface area contributed by atoms with Crippen LogP contribution in [0, 0.1) is 11.8 Å². The van der Waals surface area contributed by atoms with Gasteiger partial charge in [0, 0.05) is 11.6 Å². The molecule has 4 rings (SSSR count). The highest BCUT2D eigenvalue weighted by molar-refractivity contribution is 6.06. The van der Waals surface area contributed by atoms with Gasteiger partial charge in [0.05, 0.1) is 30.6 Å². The summed E-state index contributed by atoms with van der Waals surface area (Å²) in [6.07, 6.45) is 7.36. The molecule has 0 radical (unpaired) electrons. The number of carbonyl (C=O) groups is 2. The second kappa shape index (κ2) is 5.59. The van der Waals surface area contributed by atoms with Crippen LogP contribution in [-0.4, -0.2) is 28.9 Å². The van der Waals surface area contributed by atoms with Crippen molar-refractivity contribution < 1.29 is 35.9 Å². The normalized spacial score (nSPS) is 31.6. The van der Waals surface area contributed by atoms with Gasteiger partial charge in [0.25, 0.3) is 0 Å². The third-order valence-electron chi connectivity index (χ3n) is 4.63. The molecule has 0 unspecified atom stereocenters. The first-order valence-electron chi connectivity index (χ1n) is 7.36. The number of hydrogen-bond donors (Lipinski definition) is 0. The van der Waals surface area contributed by atoms with Crippen molar-refractivity contribution in [3.8, 4) is 0 Å². The second-order valence-corrected chi connectivity index (χ2v) is 5.81. The Bertz CT molecular complexity index is 631. The van der Waals surface area contributed by atoms with Gasteiger partial charge in [0.15, 0.2) is 12.4 Å². The number of rotatable bonds is 3.